The number of carbonyl (C=O) groups excluding carboxylic acids is 1. The van der Waals surface area contributed by atoms with E-state index < -0.39 is 70.3 Å². The molecule has 1 aromatic carbocycles. The zero-order chi connectivity index (χ0) is 20.1. The molecule has 26 heavy (non-hydrogen) atoms. The maximum atomic E-state index is 13.3. The summed E-state index contributed by atoms with van der Waals surface area (Å²) in [5, 5.41) is 29.3. The number of sulfonamides is 1. The highest BCUT2D eigenvalue weighted by Crippen LogP contribution is 2.22. The van der Waals surface area contributed by atoms with Gasteiger partial charge < -0.3 is 20.6 Å². The Balaban J connectivity index is 2.98. The molecule has 1 rings (SSSR count). The summed E-state index contributed by atoms with van der Waals surface area (Å²) in [7, 11) is -4.91. The summed E-state index contributed by atoms with van der Waals surface area (Å²) < 4.78 is 74.7. The molecule has 1 aromatic rings. The fourth-order valence-corrected chi connectivity index (χ4v) is 2.78. The smallest absolute Gasteiger partial charge is 0.394 e. The summed E-state index contributed by atoms with van der Waals surface area (Å²) >= 11 is 0. The number of halogens is 4. The van der Waals surface area contributed by atoms with Crippen LogP contribution in [0, 0.1) is 5.82 Å². The molecule has 0 heterocycles. The third-order valence-corrected chi connectivity index (χ3v) is 4.19. The lowest BCUT2D eigenvalue weighted by molar-refractivity contribution is -0.106. The van der Waals surface area contributed by atoms with Gasteiger partial charge in [-0.3, -0.25) is 9.52 Å². The van der Waals surface area contributed by atoms with Crippen molar-refractivity contribution in [2.75, 3.05) is 23.6 Å². The molecule has 13 heteroatoms. The van der Waals surface area contributed by atoms with Gasteiger partial charge in [-0.05, 0) is 18.2 Å². The quantitative estimate of drug-likeness (QED) is 0.373. The molecule has 0 aliphatic heterocycles. The van der Waals surface area contributed by atoms with Crippen LogP contribution < -0.4 is 10.0 Å². The molecular weight excluding hydrogens is 388 g/mol. The number of hydrogen-bond acceptors (Lipinski definition) is 6. The van der Waals surface area contributed by atoms with Crippen molar-refractivity contribution in [2.24, 2.45) is 0 Å². The van der Waals surface area contributed by atoms with Crippen LogP contribution in [-0.4, -0.2) is 66.9 Å². The van der Waals surface area contributed by atoms with E-state index in [1.54, 1.807) is 4.72 Å². The third kappa shape index (κ3) is 7.11. The van der Waals surface area contributed by atoms with E-state index in [9.17, 15) is 35.9 Å². The Morgan fingerprint density at radius 3 is 2.35 bits per heavy atom. The zero-order valence-electron chi connectivity index (χ0n) is 13.0. The standard InChI is InChI=1S/C13H16F4N2O6S/c14-7-1-2-9(19-26(24,25)6-13(15,16)17)8(3-7)12(23)18-4-10(21)11(22)5-20/h1-3,10-11,19-22H,4-6H2,(H,18,23). The summed E-state index contributed by atoms with van der Waals surface area (Å²) in [6.45, 7) is -1.40. The van der Waals surface area contributed by atoms with Crippen LogP contribution in [0.5, 0.6) is 0 Å². The van der Waals surface area contributed by atoms with Crippen molar-refractivity contribution < 1.29 is 46.1 Å². The molecule has 0 spiro atoms. The van der Waals surface area contributed by atoms with Gasteiger partial charge >= 0.3 is 6.18 Å². The number of alkyl halides is 3. The summed E-state index contributed by atoms with van der Waals surface area (Å²) in [5.41, 5.74) is -1.24. The first kappa shape index (κ1) is 22.1. The minimum absolute atomic E-state index is 0.579. The molecule has 0 saturated heterocycles. The Bertz CT molecular complexity index is 741. The Labute approximate surface area is 145 Å². The first-order valence-electron chi connectivity index (χ1n) is 6.96. The number of carbonyl (C=O) groups is 1. The molecule has 0 radical (unpaired) electrons. The first-order valence-corrected chi connectivity index (χ1v) is 8.62. The van der Waals surface area contributed by atoms with Crippen molar-refractivity contribution >= 4 is 21.6 Å². The number of amides is 1. The Kier molecular flexibility index (Phi) is 7.32. The van der Waals surface area contributed by atoms with Crippen LogP contribution in [0.1, 0.15) is 10.4 Å². The van der Waals surface area contributed by atoms with E-state index in [0.29, 0.717) is 6.07 Å². The van der Waals surface area contributed by atoms with Crippen molar-refractivity contribution in [1.29, 1.82) is 0 Å². The highest BCUT2D eigenvalue weighted by molar-refractivity contribution is 7.92. The highest BCUT2D eigenvalue weighted by Gasteiger charge is 2.35. The van der Waals surface area contributed by atoms with Crippen LogP contribution in [0.3, 0.4) is 0 Å². The zero-order valence-corrected chi connectivity index (χ0v) is 13.8. The van der Waals surface area contributed by atoms with E-state index in [2.05, 4.69) is 0 Å². The molecule has 148 valence electrons. The molecule has 0 bridgehead atoms. The SMILES string of the molecule is O=C(NCC(O)C(O)CO)c1cc(F)ccc1NS(=O)(=O)CC(F)(F)F. The van der Waals surface area contributed by atoms with E-state index in [1.165, 1.54) is 0 Å². The van der Waals surface area contributed by atoms with Crippen LogP contribution in [-0.2, 0) is 10.0 Å². The fourth-order valence-electron chi connectivity index (χ4n) is 1.76. The summed E-state index contributed by atoms with van der Waals surface area (Å²) in [6.07, 6.45) is -8.19. The molecule has 2 atom stereocenters. The minimum Gasteiger partial charge on any atom is -0.394 e. The van der Waals surface area contributed by atoms with E-state index in [4.69, 9.17) is 10.2 Å². The van der Waals surface area contributed by atoms with Gasteiger partial charge in [0.05, 0.1) is 24.0 Å². The van der Waals surface area contributed by atoms with Gasteiger partial charge in [-0.1, -0.05) is 0 Å². The van der Waals surface area contributed by atoms with Gasteiger partial charge in [-0.25, -0.2) is 12.8 Å². The number of nitrogens with one attached hydrogen (secondary N) is 2. The molecule has 2 unspecified atom stereocenters. The number of aliphatic hydroxyl groups is 3. The van der Waals surface area contributed by atoms with Gasteiger partial charge in [0.25, 0.3) is 5.91 Å². The fraction of sp³-hybridized carbons (Fsp3) is 0.462. The monoisotopic (exact) mass is 404 g/mol. The van der Waals surface area contributed by atoms with Crippen molar-refractivity contribution in [2.45, 2.75) is 18.4 Å². The van der Waals surface area contributed by atoms with E-state index in [-0.39, 0.29) is 0 Å². The second-order valence-corrected chi connectivity index (χ2v) is 6.92. The van der Waals surface area contributed by atoms with Gasteiger partial charge in [0.2, 0.25) is 10.0 Å². The number of rotatable bonds is 8. The lowest BCUT2D eigenvalue weighted by atomic mass is 10.1. The van der Waals surface area contributed by atoms with Crippen molar-refractivity contribution in [1.82, 2.24) is 5.32 Å². The van der Waals surface area contributed by atoms with Crippen LogP contribution in [0.25, 0.3) is 0 Å². The molecule has 1 amide bonds. The van der Waals surface area contributed by atoms with Crippen LogP contribution in [0.2, 0.25) is 0 Å². The molecule has 0 fully saturated rings. The lowest BCUT2D eigenvalue weighted by Gasteiger charge is -2.17. The number of benzene rings is 1. The Morgan fingerprint density at radius 1 is 1.19 bits per heavy atom. The van der Waals surface area contributed by atoms with Crippen molar-refractivity contribution in [3.8, 4) is 0 Å². The Morgan fingerprint density at radius 2 is 1.81 bits per heavy atom. The largest absolute Gasteiger partial charge is 0.404 e. The van der Waals surface area contributed by atoms with E-state index in [1.807, 2.05) is 5.32 Å². The molecule has 0 aromatic heterocycles. The van der Waals surface area contributed by atoms with E-state index >= 15 is 0 Å². The molecule has 0 saturated carbocycles. The average molecular weight is 404 g/mol. The predicted molar refractivity (Wildman–Crippen MR) is 81.3 cm³/mol. The maximum absolute atomic E-state index is 13.3. The number of aliphatic hydroxyl groups excluding tert-OH is 3. The van der Waals surface area contributed by atoms with Gasteiger partial charge in [0.1, 0.15) is 11.9 Å². The van der Waals surface area contributed by atoms with Crippen LogP contribution in [0.15, 0.2) is 18.2 Å². The van der Waals surface area contributed by atoms with E-state index in [0.717, 1.165) is 12.1 Å². The molecular formula is C13H16F4N2O6S. The van der Waals surface area contributed by atoms with Gasteiger partial charge in [-0.15, -0.1) is 0 Å². The topological polar surface area (TPSA) is 136 Å². The Hall–Kier alpha value is -1.96. The third-order valence-electron chi connectivity index (χ3n) is 2.95. The highest BCUT2D eigenvalue weighted by atomic mass is 32.2. The maximum Gasteiger partial charge on any atom is 0.404 e. The van der Waals surface area contributed by atoms with Crippen LogP contribution in [0.4, 0.5) is 23.2 Å². The second-order valence-electron chi connectivity index (χ2n) is 5.19. The number of hydrogen-bond donors (Lipinski definition) is 5. The van der Waals surface area contributed by atoms with Gasteiger partial charge in [0.15, 0.2) is 5.75 Å². The number of anilines is 1. The molecule has 0 aliphatic rings. The summed E-state index contributed by atoms with van der Waals surface area (Å²) in [4.78, 5) is 12.0. The molecule has 0 aliphatic carbocycles. The predicted octanol–water partition coefficient (Wildman–Crippen LogP) is -0.426. The average Bonchev–Trinajstić information content (AvgIpc) is 2.50. The minimum atomic E-state index is -5.03. The molecule has 5 N–H and O–H groups in total. The lowest BCUT2D eigenvalue weighted by Crippen LogP contribution is -2.40. The van der Waals surface area contributed by atoms with Crippen LogP contribution >= 0.6 is 0 Å². The summed E-state index contributed by atoms with van der Waals surface area (Å²) in [5.74, 6) is -4.30. The normalized spacial score (nSPS) is 14.6. The molecule has 8 nitrogen and oxygen atoms in total. The van der Waals surface area contributed by atoms with Crippen molar-refractivity contribution in [3.05, 3.63) is 29.6 Å². The van der Waals surface area contributed by atoms with Gasteiger partial charge in [-0.2, -0.15) is 13.2 Å². The second kappa shape index (κ2) is 8.62. The summed E-state index contributed by atoms with van der Waals surface area (Å²) in [6, 6.07) is 2.07. The van der Waals surface area contributed by atoms with Gasteiger partial charge in [0, 0.05) is 6.54 Å². The first-order chi connectivity index (χ1) is 11.8. The van der Waals surface area contributed by atoms with Crippen molar-refractivity contribution in [3.63, 3.8) is 0 Å².